The highest BCUT2D eigenvalue weighted by atomic mass is 35.5. The maximum Gasteiger partial charge on any atom is 0.238 e. The van der Waals surface area contributed by atoms with Crippen LogP contribution in [0.25, 0.3) is 0 Å². The number of alkyl halides is 1. The number of carbonyl (C=O) groups is 2. The molecule has 2 amide bonds. The van der Waals surface area contributed by atoms with Crippen LogP contribution in [0.4, 0.5) is 11.4 Å². The molecular formula is C11H11ClN2O2. The Kier molecular flexibility index (Phi) is 2.83. The minimum absolute atomic E-state index is 0.164. The van der Waals surface area contributed by atoms with E-state index in [1.54, 1.807) is 18.2 Å². The van der Waals surface area contributed by atoms with Crippen LogP contribution in [-0.4, -0.2) is 17.7 Å². The van der Waals surface area contributed by atoms with Crippen molar-refractivity contribution in [1.82, 2.24) is 0 Å². The lowest BCUT2D eigenvalue weighted by molar-refractivity contribution is -0.125. The molecule has 0 radical (unpaired) electrons. The van der Waals surface area contributed by atoms with Gasteiger partial charge < -0.3 is 5.73 Å². The largest absolute Gasteiger partial charge is 0.399 e. The Morgan fingerprint density at radius 3 is 2.94 bits per heavy atom. The molecule has 0 aromatic heterocycles. The topological polar surface area (TPSA) is 63.4 Å². The van der Waals surface area contributed by atoms with E-state index in [2.05, 4.69) is 0 Å². The molecule has 0 bridgehead atoms. The molecule has 1 aliphatic rings. The minimum atomic E-state index is -0.261. The third-order valence-electron chi connectivity index (χ3n) is 2.49. The number of nitrogens with two attached hydrogens (primary N) is 1. The Labute approximate surface area is 98.0 Å². The van der Waals surface area contributed by atoms with E-state index in [0.29, 0.717) is 11.4 Å². The number of nitrogen functional groups attached to an aromatic ring is 1. The van der Waals surface area contributed by atoms with Gasteiger partial charge in [-0.2, -0.15) is 0 Å². The van der Waals surface area contributed by atoms with E-state index in [-0.39, 0.29) is 30.5 Å². The number of imide groups is 1. The van der Waals surface area contributed by atoms with Crippen LogP contribution in [0.3, 0.4) is 0 Å². The van der Waals surface area contributed by atoms with Gasteiger partial charge in [0.15, 0.2) is 0 Å². The highest BCUT2D eigenvalue weighted by Gasteiger charge is 2.31. The van der Waals surface area contributed by atoms with Gasteiger partial charge in [0.05, 0.1) is 12.1 Å². The summed E-state index contributed by atoms with van der Waals surface area (Å²) in [7, 11) is 0. The monoisotopic (exact) mass is 238 g/mol. The molecule has 1 aromatic rings. The molecule has 2 rings (SSSR count). The molecule has 0 spiro atoms. The Balaban J connectivity index is 2.36. The molecule has 1 heterocycles. The molecule has 0 unspecified atom stereocenters. The Hall–Kier alpha value is -1.55. The lowest BCUT2D eigenvalue weighted by atomic mass is 10.1. The van der Waals surface area contributed by atoms with Gasteiger partial charge in [0.1, 0.15) is 0 Å². The van der Waals surface area contributed by atoms with Crippen molar-refractivity contribution in [3.63, 3.8) is 0 Å². The second-order valence-electron chi connectivity index (χ2n) is 3.63. The van der Waals surface area contributed by atoms with E-state index in [4.69, 9.17) is 17.3 Å². The normalized spacial score (nSPS) is 14.1. The third-order valence-corrected chi connectivity index (χ3v) is 2.68. The maximum absolute atomic E-state index is 11.7. The summed E-state index contributed by atoms with van der Waals surface area (Å²) in [5, 5.41) is 0. The maximum atomic E-state index is 11.7. The fourth-order valence-corrected chi connectivity index (χ4v) is 1.97. The number of anilines is 2. The number of halogens is 1. The van der Waals surface area contributed by atoms with Crippen molar-refractivity contribution in [3.8, 4) is 0 Å². The lowest BCUT2D eigenvalue weighted by Gasteiger charge is -2.14. The summed E-state index contributed by atoms with van der Waals surface area (Å²) in [6, 6.07) is 5.10. The van der Waals surface area contributed by atoms with Crippen molar-refractivity contribution < 1.29 is 9.59 Å². The Morgan fingerprint density at radius 2 is 2.25 bits per heavy atom. The van der Waals surface area contributed by atoms with Crippen molar-refractivity contribution in [2.24, 2.45) is 0 Å². The van der Waals surface area contributed by atoms with Crippen LogP contribution >= 0.6 is 11.6 Å². The number of amides is 2. The Bertz CT molecular complexity index is 459. The molecule has 1 aromatic carbocycles. The van der Waals surface area contributed by atoms with Gasteiger partial charge in [-0.15, -0.1) is 11.6 Å². The summed E-state index contributed by atoms with van der Waals surface area (Å²) < 4.78 is 0. The summed E-state index contributed by atoms with van der Waals surface area (Å²) in [6.07, 6.45) is 0.394. The molecule has 1 aliphatic heterocycles. The number of benzene rings is 1. The lowest BCUT2D eigenvalue weighted by Crippen LogP contribution is -2.33. The molecule has 16 heavy (non-hydrogen) atoms. The van der Waals surface area contributed by atoms with Crippen LogP contribution in [0.1, 0.15) is 12.0 Å². The van der Waals surface area contributed by atoms with Crippen molar-refractivity contribution in [2.45, 2.75) is 12.8 Å². The zero-order valence-electron chi connectivity index (χ0n) is 8.57. The molecule has 0 aliphatic carbocycles. The highest BCUT2D eigenvalue weighted by Crippen LogP contribution is 2.30. The van der Waals surface area contributed by atoms with Crippen LogP contribution in [0, 0.1) is 0 Å². The molecule has 84 valence electrons. The second-order valence-corrected chi connectivity index (χ2v) is 4.00. The van der Waals surface area contributed by atoms with Gasteiger partial charge in [0, 0.05) is 18.0 Å². The summed E-state index contributed by atoms with van der Waals surface area (Å²) in [4.78, 5) is 24.6. The van der Waals surface area contributed by atoms with Crippen LogP contribution in [-0.2, 0) is 16.0 Å². The van der Waals surface area contributed by atoms with Gasteiger partial charge in [-0.3, -0.25) is 9.59 Å². The molecule has 0 saturated carbocycles. The SMILES string of the molecule is Nc1ccc2c(c1)CC(=O)N2C(=O)CCCl. The van der Waals surface area contributed by atoms with Gasteiger partial charge >= 0.3 is 0 Å². The molecule has 4 nitrogen and oxygen atoms in total. The second kappa shape index (κ2) is 4.14. The predicted octanol–water partition coefficient (Wildman–Crippen LogP) is 1.31. The number of carbonyl (C=O) groups excluding carboxylic acids is 2. The summed E-state index contributed by atoms with van der Waals surface area (Å²) >= 11 is 5.50. The third kappa shape index (κ3) is 1.76. The molecule has 0 atom stereocenters. The first-order valence-electron chi connectivity index (χ1n) is 4.93. The summed E-state index contributed by atoms with van der Waals surface area (Å²) in [5.74, 6) is -0.258. The van der Waals surface area contributed by atoms with E-state index >= 15 is 0 Å². The van der Waals surface area contributed by atoms with Gasteiger partial charge in [0.25, 0.3) is 0 Å². The van der Waals surface area contributed by atoms with Gasteiger partial charge in [0.2, 0.25) is 11.8 Å². The molecular weight excluding hydrogens is 228 g/mol. The molecule has 5 heteroatoms. The fourth-order valence-electron chi connectivity index (χ4n) is 1.81. The van der Waals surface area contributed by atoms with Gasteiger partial charge in [-0.1, -0.05) is 0 Å². The Morgan fingerprint density at radius 1 is 1.50 bits per heavy atom. The fraction of sp³-hybridized carbons (Fsp3) is 0.273. The number of hydrogen-bond acceptors (Lipinski definition) is 3. The standard InChI is InChI=1S/C11H11ClN2O2/c12-4-3-10(15)14-9-2-1-8(13)5-7(9)6-11(14)16/h1-2,5H,3-4,6,13H2. The van der Waals surface area contributed by atoms with Gasteiger partial charge in [-0.05, 0) is 23.8 Å². The highest BCUT2D eigenvalue weighted by molar-refractivity contribution is 6.23. The number of fused-ring (bicyclic) bond motifs is 1. The summed E-state index contributed by atoms with van der Waals surface area (Å²) in [5.41, 5.74) is 7.65. The van der Waals surface area contributed by atoms with E-state index in [1.165, 1.54) is 4.90 Å². The van der Waals surface area contributed by atoms with E-state index < -0.39 is 0 Å². The first-order chi connectivity index (χ1) is 7.63. The quantitative estimate of drug-likeness (QED) is 0.624. The molecule has 0 saturated heterocycles. The molecule has 2 N–H and O–H groups in total. The van der Waals surface area contributed by atoms with E-state index in [1.807, 2.05) is 0 Å². The van der Waals surface area contributed by atoms with Crippen LogP contribution in [0.15, 0.2) is 18.2 Å². The number of nitrogens with zero attached hydrogens (tertiary/aromatic N) is 1. The zero-order chi connectivity index (χ0) is 11.7. The van der Waals surface area contributed by atoms with Crippen molar-refractivity contribution in [1.29, 1.82) is 0 Å². The average molecular weight is 239 g/mol. The zero-order valence-corrected chi connectivity index (χ0v) is 9.33. The van der Waals surface area contributed by atoms with E-state index in [0.717, 1.165) is 5.56 Å². The summed E-state index contributed by atoms with van der Waals surface area (Å²) in [6.45, 7) is 0. The predicted molar refractivity (Wildman–Crippen MR) is 62.4 cm³/mol. The average Bonchev–Trinajstić information content (AvgIpc) is 2.53. The van der Waals surface area contributed by atoms with E-state index in [9.17, 15) is 9.59 Å². The first kappa shape index (κ1) is 11.0. The smallest absolute Gasteiger partial charge is 0.238 e. The van der Waals surface area contributed by atoms with Crippen LogP contribution in [0.2, 0.25) is 0 Å². The van der Waals surface area contributed by atoms with Gasteiger partial charge in [-0.25, -0.2) is 4.90 Å². The van der Waals surface area contributed by atoms with Crippen molar-refractivity contribution >= 4 is 34.8 Å². The van der Waals surface area contributed by atoms with Crippen molar-refractivity contribution in [3.05, 3.63) is 23.8 Å². The molecule has 0 fully saturated rings. The van der Waals surface area contributed by atoms with Crippen molar-refractivity contribution in [2.75, 3.05) is 16.5 Å². The van der Waals surface area contributed by atoms with Crippen LogP contribution in [0.5, 0.6) is 0 Å². The number of rotatable bonds is 2. The number of hydrogen-bond donors (Lipinski definition) is 1. The first-order valence-corrected chi connectivity index (χ1v) is 5.47. The van der Waals surface area contributed by atoms with Crippen LogP contribution < -0.4 is 10.6 Å². The minimum Gasteiger partial charge on any atom is -0.399 e.